The first-order valence-electron chi connectivity index (χ1n) is 15.8. The molecule has 11 heteroatoms. The zero-order chi connectivity index (χ0) is 32.2. The Balaban J connectivity index is 1.85. The van der Waals surface area contributed by atoms with Crippen molar-refractivity contribution in [2.45, 2.75) is 96.4 Å². The van der Waals surface area contributed by atoms with Crippen LogP contribution in [0.2, 0.25) is 0 Å². The Labute approximate surface area is 266 Å². The number of nitrogen functional groups attached to an aromatic ring is 1. The van der Waals surface area contributed by atoms with E-state index >= 15 is 0 Å². The molecule has 5 N–H and O–H groups in total. The molecule has 1 aliphatic carbocycles. The fraction of sp³-hybridized carbons (Fsp3) is 0.636. The zero-order valence-corrected chi connectivity index (χ0v) is 27.5. The van der Waals surface area contributed by atoms with Crippen LogP contribution in [0.25, 0.3) is 0 Å². The molecule has 244 valence electrons. The van der Waals surface area contributed by atoms with Crippen LogP contribution in [-0.2, 0) is 27.3 Å². The fourth-order valence-electron chi connectivity index (χ4n) is 5.86. The third-order valence-corrected chi connectivity index (χ3v) is 9.09. The Morgan fingerprint density at radius 2 is 1.75 bits per heavy atom. The Hall–Kier alpha value is -3.02. The molecule has 1 fully saturated rings. The molecule has 3 rings (SSSR count). The van der Waals surface area contributed by atoms with Gasteiger partial charge in [-0.05, 0) is 30.2 Å². The number of aliphatic hydroxyl groups excluding tert-OH is 2. The van der Waals surface area contributed by atoms with Gasteiger partial charge in [-0.2, -0.15) is 0 Å². The summed E-state index contributed by atoms with van der Waals surface area (Å²) in [6.07, 6.45) is 4.32. The Bertz CT molecular complexity index is 1180. The van der Waals surface area contributed by atoms with Crippen molar-refractivity contribution in [2.24, 2.45) is 17.8 Å². The molecule has 3 amide bonds. The summed E-state index contributed by atoms with van der Waals surface area (Å²) in [7, 11) is 3.28. The number of carbonyl (C=O) groups excluding carboxylic acids is 3. The molecule has 44 heavy (non-hydrogen) atoms. The van der Waals surface area contributed by atoms with Crippen molar-refractivity contribution >= 4 is 34.2 Å². The zero-order valence-electron chi connectivity index (χ0n) is 26.7. The minimum Gasteiger partial charge on any atom is -0.390 e. The molecule has 0 spiro atoms. The van der Waals surface area contributed by atoms with Crippen molar-refractivity contribution < 1.29 is 24.6 Å². The van der Waals surface area contributed by atoms with Crippen molar-refractivity contribution in [3.05, 3.63) is 47.0 Å². The number of aromatic nitrogens is 1. The molecule has 1 saturated carbocycles. The van der Waals surface area contributed by atoms with Crippen LogP contribution in [0.4, 0.5) is 5.13 Å². The van der Waals surface area contributed by atoms with E-state index in [0.717, 1.165) is 31.2 Å². The first-order valence-corrected chi connectivity index (χ1v) is 16.7. The van der Waals surface area contributed by atoms with Gasteiger partial charge in [0.2, 0.25) is 17.7 Å². The van der Waals surface area contributed by atoms with Gasteiger partial charge in [0.15, 0.2) is 5.13 Å². The summed E-state index contributed by atoms with van der Waals surface area (Å²) in [4.78, 5) is 47.8. The highest BCUT2D eigenvalue weighted by Crippen LogP contribution is 2.29. The molecule has 1 aromatic heterocycles. The number of aliphatic hydroxyl groups is 2. The van der Waals surface area contributed by atoms with Crippen molar-refractivity contribution in [3.63, 3.8) is 0 Å². The molecule has 10 nitrogen and oxygen atoms in total. The molecule has 0 bridgehead atoms. The lowest BCUT2D eigenvalue weighted by Crippen LogP contribution is -2.52. The minimum absolute atomic E-state index is 0.122. The summed E-state index contributed by atoms with van der Waals surface area (Å²) in [5, 5.41) is 27.3. The molecule has 0 aliphatic heterocycles. The van der Waals surface area contributed by atoms with E-state index in [2.05, 4.69) is 10.3 Å². The molecule has 0 saturated heterocycles. The number of thiazole rings is 1. The van der Waals surface area contributed by atoms with Crippen molar-refractivity contribution in [3.8, 4) is 0 Å². The lowest BCUT2D eigenvalue weighted by molar-refractivity contribution is -0.142. The second-order valence-corrected chi connectivity index (χ2v) is 13.7. The van der Waals surface area contributed by atoms with Crippen LogP contribution in [0, 0.1) is 17.8 Å². The second-order valence-electron chi connectivity index (χ2n) is 12.8. The van der Waals surface area contributed by atoms with Crippen molar-refractivity contribution in [1.29, 1.82) is 0 Å². The first kappa shape index (κ1) is 35.5. The van der Waals surface area contributed by atoms with Gasteiger partial charge in [-0.1, -0.05) is 76.3 Å². The largest absolute Gasteiger partial charge is 0.390 e. The van der Waals surface area contributed by atoms with Gasteiger partial charge in [0.1, 0.15) is 12.6 Å². The molecule has 1 aromatic carbocycles. The number of nitrogens with zero attached hydrogens (tertiary/aromatic N) is 3. The van der Waals surface area contributed by atoms with Gasteiger partial charge in [-0.15, -0.1) is 11.3 Å². The van der Waals surface area contributed by atoms with Gasteiger partial charge in [-0.3, -0.25) is 14.4 Å². The topological polar surface area (TPSA) is 149 Å². The molecular formula is C33H51N5O5S. The van der Waals surface area contributed by atoms with Gasteiger partial charge in [0, 0.05) is 38.9 Å². The predicted molar refractivity (Wildman–Crippen MR) is 173 cm³/mol. The highest BCUT2D eigenvalue weighted by Gasteiger charge is 2.34. The smallest absolute Gasteiger partial charge is 0.241 e. The van der Waals surface area contributed by atoms with E-state index in [1.54, 1.807) is 19.5 Å². The van der Waals surface area contributed by atoms with Gasteiger partial charge in [-0.25, -0.2) is 4.98 Å². The first-order chi connectivity index (χ1) is 20.9. The van der Waals surface area contributed by atoms with E-state index in [4.69, 9.17) is 5.73 Å². The number of likely N-dealkylation sites (N-methyl/N-ethyl adjacent to an activating group) is 1. The minimum atomic E-state index is -1.14. The number of anilines is 1. The van der Waals surface area contributed by atoms with Crippen LogP contribution in [0.5, 0.6) is 0 Å². The molecule has 2 aromatic rings. The van der Waals surface area contributed by atoms with E-state index in [-0.39, 0.29) is 49.6 Å². The summed E-state index contributed by atoms with van der Waals surface area (Å²) >= 11 is 1.26. The van der Waals surface area contributed by atoms with Crippen LogP contribution < -0.4 is 11.1 Å². The number of hydrogen-bond acceptors (Lipinski definition) is 8. The maximum atomic E-state index is 14.0. The van der Waals surface area contributed by atoms with Gasteiger partial charge < -0.3 is 31.1 Å². The highest BCUT2D eigenvalue weighted by molar-refractivity contribution is 7.13. The molecular weight excluding hydrogens is 578 g/mol. The van der Waals surface area contributed by atoms with E-state index in [0.29, 0.717) is 29.6 Å². The van der Waals surface area contributed by atoms with Crippen LogP contribution in [0.1, 0.15) is 76.5 Å². The summed E-state index contributed by atoms with van der Waals surface area (Å²) in [6, 6.07) is 8.76. The Morgan fingerprint density at radius 1 is 1.07 bits per heavy atom. The van der Waals surface area contributed by atoms with E-state index in [1.807, 2.05) is 44.2 Å². The monoisotopic (exact) mass is 629 g/mol. The van der Waals surface area contributed by atoms with Gasteiger partial charge >= 0.3 is 0 Å². The lowest BCUT2D eigenvalue weighted by Gasteiger charge is -2.33. The lowest BCUT2D eigenvalue weighted by atomic mass is 9.82. The van der Waals surface area contributed by atoms with Gasteiger partial charge in [0.25, 0.3) is 0 Å². The summed E-state index contributed by atoms with van der Waals surface area (Å²) in [5.41, 5.74) is 7.35. The standard InChI is InChI=1S/C33H51N5O5S/c1-22(2)15-28(39)31(42)27(16-23-11-7-5-8-12-23)36-32(43)25(17-26-21-44-33(34)35-26)18-29(40)38(20-30(41)37(3)4)19-24-13-9-6-10-14-24/h6,9-10,13-14,21-23,25,27-28,31,39,42H,5,7-8,11-12,15-20H2,1-4H3,(H2,34,35)(H,36,43)/t25-,27+,28+,31-/m1/s1. The van der Waals surface area contributed by atoms with E-state index < -0.39 is 24.2 Å². The summed E-state index contributed by atoms with van der Waals surface area (Å²) in [5.74, 6) is -1.26. The van der Waals surface area contributed by atoms with Crippen LogP contribution >= 0.6 is 11.3 Å². The molecule has 0 radical (unpaired) electrons. The molecule has 1 heterocycles. The number of carbonyl (C=O) groups is 3. The summed E-state index contributed by atoms with van der Waals surface area (Å²) in [6.45, 7) is 4.06. The third-order valence-electron chi connectivity index (χ3n) is 8.37. The molecule has 1 aliphatic rings. The van der Waals surface area contributed by atoms with Crippen LogP contribution in [0.3, 0.4) is 0 Å². The van der Waals surface area contributed by atoms with Crippen molar-refractivity contribution in [1.82, 2.24) is 20.1 Å². The number of benzene rings is 1. The second kappa shape index (κ2) is 17.5. The quantitative estimate of drug-likeness (QED) is 0.222. The number of hydrogen-bond donors (Lipinski definition) is 4. The number of nitrogens with one attached hydrogen (secondary N) is 1. The average molecular weight is 630 g/mol. The number of nitrogens with two attached hydrogens (primary N) is 1. The predicted octanol–water partition coefficient (Wildman–Crippen LogP) is 3.61. The van der Waals surface area contributed by atoms with E-state index in [1.165, 1.54) is 27.6 Å². The fourth-order valence-corrected chi connectivity index (χ4v) is 6.44. The molecule has 4 atom stereocenters. The Kier molecular flexibility index (Phi) is 14.1. The van der Waals surface area contributed by atoms with Crippen LogP contribution in [-0.4, -0.2) is 81.6 Å². The van der Waals surface area contributed by atoms with Crippen LogP contribution in [0.15, 0.2) is 35.7 Å². The molecule has 0 unspecified atom stereocenters. The Morgan fingerprint density at radius 3 is 2.34 bits per heavy atom. The maximum absolute atomic E-state index is 14.0. The number of amides is 3. The maximum Gasteiger partial charge on any atom is 0.241 e. The number of rotatable bonds is 16. The van der Waals surface area contributed by atoms with E-state index in [9.17, 15) is 24.6 Å². The average Bonchev–Trinajstić information content (AvgIpc) is 3.40. The summed E-state index contributed by atoms with van der Waals surface area (Å²) < 4.78 is 0. The highest BCUT2D eigenvalue weighted by atomic mass is 32.1. The third kappa shape index (κ3) is 11.5. The normalized spacial score (nSPS) is 16.6. The van der Waals surface area contributed by atoms with Crippen molar-refractivity contribution in [2.75, 3.05) is 26.4 Å². The van der Waals surface area contributed by atoms with Gasteiger partial charge in [0.05, 0.1) is 23.8 Å². The SMILES string of the molecule is CC(C)C[C@H](O)[C@H](O)[C@H](CC1CCCCC1)NC(=O)[C@@H](CC(=O)N(CC(=O)N(C)C)Cc1ccccc1)Cc1csc(N)n1.